The minimum absolute atomic E-state index is 0. The molecule has 0 aromatic carbocycles. The first-order valence-electron chi connectivity index (χ1n) is 5.61. The minimum atomic E-state index is -0.479. The van der Waals surface area contributed by atoms with E-state index in [-0.39, 0.29) is 1.43 Å². The van der Waals surface area contributed by atoms with Gasteiger partial charge < -0.3 is 10.1 Å². The average Bonchev–Trinajstić information content (AvgIpc) is 2.20. The van der Waals surface area contributed by atoms with E-state index in [4.69, 9.17) is 10.6 Å². The van der Waals surface area contributed by atoms with E-state index in [0.717, 1.165) is 12.3 Å². The minimum Gasteiger partial charge on any atom is -0.444 e. The second-order valence-corrected chi connectivity index (χ2v) is 4.38. The number of hydrazine groups is 2. The van der Waals surface area contributed by atoms with Crippen molar-refractivity contribution >= 4 is 11.9 Å². The van der Waals surface area contributed by atoms with Crippen LogP contribution in [0.25, 0.3) is 0 Å². The predicted octanol–water partition coefficient (Wildman–Crippen LogP) is 0.534. The van der Waals surface area contributed by atoms with Crippen molar-refractivity contribution in [3.63, 3.8) is 0 Å². The normalized spacial score (nSPS) is 12.2. The fourth-order valence-electron chi connectivity index (χ4n) is 0.986. The highest BCUT2D eigenvalue weighted by molar-refractivity contribution is 5.81. The number of aliphatic imine (C=N–C) groups is 1. The molecule has 0 saturated carbocycles. The van der Waals surface area contributed by atoms with Crippen LogP contribution in [0.5, 0.6) is 0 Å². The van der Waals surface area contributed by atoms with Crippen LogP contribution in [0.3, 0.4) is 0 Å². The molecule has 0 heterocycles. The summed E-state index contributed by atoms with van der Waals surface area (Å²) in [5.41, 5.74) is 4.52. The highest BCUT2D eigenvalue weighted by Crippen LogP contribution is 2.05. The quantitative estimate of drug-likeness (QED) is 0.187. The van der Waals surface area contributed by atoms with Crippen molar-refractivity contribution in [3.05, 3.63) is 0 Å². The topological polar surface area (TPSA) is 101 Å². The molecule has 5 N–H and O–H groups in total. The van der Waals surface area contributed by atoms with E-state index in [2.05, 4.69) is 21.3 Å². The summed E-state index contributed by atoms with van der Waals surface area (Å²) >= 11 is 0. The van der Waals surface area contributed by atoms with Crippen LogP contribution < -0.4 is 22.1 Å². The van der Waals surface area contributed by atoms with Gasteiger partial charge in [0.05, 0.1) is 6.54 Å². The van der Waals surface area contributed by atoms with Crippen molar-refractivity contribution in [2.75, 3.05) is 13.1 Å². The SMILES string of the molecule is CCC(=NCCNC(=O)OC(C)(C)C)NNN.[HH]. The van der Waals surface area contributed by atoms with Crippen LogP contribution in [0.15, 0.2) is 4.99 Å². The Morgan fingerprint density at radius 1 is 1.47 bits per heavy atom. The Bertz CT molecular complexity index is 265. The van der Waals surface area contributed by atoms with Crippen molar-refractivity contribution in [3.8, 4) is 0 Å². The molecule has 0 atom stereocenters. The number of nitrogens with one attached hydrogen (secondary N) is 3. The molecule has 0 aliphatic rings. The smallest absolute Gasteiger partial charge is 0.407 e. The van der Waals surface area contributed by atoms with Gasteiger partial charge in [-0.1, -0.05) is 6.92 Å². The lowest BCUT2D eigenvalue weighted by Gasteiger charge is -2.19. The summed E-state index contributed by atoms with van der Waals surface area (Å²) in [6, 6.07) is 0. The number of ether oxygens (including phenoxy) is 1. The van der Waals surface area contributed by atoms with Crippen LogP contribution in [0.4, 0.5) is 4.79 Å². The summed E-state index contributed by atoms with van der Waals surface area (Å²) in [6.07, 6.45) is 0.298. The van der Waals surface area contributed by atoms with Gasteiger partial charge in [0.25, 0.3) is 0 Å². The summed E-state index contributed by atoms with van der Waals surface area (Å²) in [6.45, 7) is 8.29. The zero-order valence-electron chi connectivity index (χ0n) is 11.0. The van der Waals surface area contributed by atoms with E-state index in [1.165, 1.54) is 0 Å². The number of carbonyl (C=O) groups excluding carboxylic acids is 1. The van der Waals surface area contributed by atoms with Gasteiger partial charge in [0.15, 0.2) is 0 Å². The molecule has 7 nitrogen and oxygen atoms in total. The van der Waals surface area contributed by atoms with Crippen LogP contribution in [-0.2, 0) is 4.74 Å². The Labute approximate surface area is 104 Å². The van der Waals surface area contributed by atoms with Gasteiger partial charge in [-0.15, -0.1) is 0 Å². The first kappa shape index (κ1) is 15.7. The molecular formula is C10H25N5O2. The molecule has 0 radical (unpaired) electrons. The first-order valence-corrected chi connectivity index (χ1v) is 5.61. The van der Waals surface area contributed by atoms with Gasteiger partial charge >= 0.3 is 6.09 Å². The Kier molecular flexibility index (Phi) is 7.24. The lowest BCUT2D eigenvalue weighted by Crippen LogP contribution is -2.42. The van der Waals surface area contributed by atoms with Gasteiger partial charge in [0.1, 0.15) is 11.4 Å². The monoisotopic (exact) mass is 247 g/mol. The Balaban J connectivity index is 0. The summed E-state index contributed by atoms with van der Waals surface area (Å²) in [5, 5.41) is 2.61. The third-order valence-corrected chi connectivity index (χ3v) is 1.63. The zero-order valence-corrected chi connectivity index (χ0v) is 11.0. The van der Waals surface area contributed by atoms with Crippen molar-refractivity contribution < 1.29 is 11.0 Å². The van der Waals surface area contributed by atoms with Crippen LogP contribution in [0.2, 0.25) is 0 Å². The number of carbonyl (C=O) groups is 1. The van der Waals surface area contributed by atoms with Crippen molar-refractivity contribution in [2.24, 2.45) is 10.8 Å². The molecule has 17 heavy (non-hydrogen) atoms. The number of rotatable bonds is 5. The average molecular weight is 247 g/mol. The third-order valence-electron chi connectivity index (χ3n) is 1.63. The van der Waals surface area contributed by atoms with E-state index >= 15 is 0 Å². The molecule has 0 aromatic rings. The van der Waals surface area contributed by atoms with E-state index in [9.17, 15) is 4.79 Å². The highest BCUT2D eigenvalue weighted by Gasteiger charge is 2.15. The molecule has 0 fully saturated rings. The number of amidine groups is 1. The first-order chi connectivity index (χ1) is 7.89. The molecule has 0 bridgehead atoms. The predicted molar refractivity (Wildman–Crippen MR) is 69.4 cm³/mol. The molecule has 0 aliphatic carbocycles. The van der Waals surface area contributed by atoms with E-state index in [0.29, 0.717) is 13.1 Å². The van der Waals surface area contributed by atoms with E-state index in [1.54, 1.807) is 0 Å². The number of hydrogen-bond donors (Lipinski definition) is 4. The molecular weight excluding hydrogens is 222 g/mol. The molecule has 0 saturated heterocycles. The molecule has 0 spiro atoms. The van der Waals surface area contributed by atoms with Crippen LogP contribution in [-0.4, -0.2) is 30.6 Å². The summed E-state index contributed by atoms with van der Waals surface area (Å²) in [7, 11) is 0. The lowest BCUT2D eigenvalue weighted by molar-refractivity contribution is 0.0529. The van der Waals surface area contributed by atoms with Crippen LogP contribution >= 0.6 is 0 Å². The maximum Gasteiger partial charge on any atom is 0.407 e. The van der Waals surface area contributed by atoms with Gasteiger partial charge in [-0.05, 0) is 20.8 Å². The molecule has 1 amide bonds. The highest BCUT2D eigenvalue weighted by atomic mass is 16.6. The molecule has 0 unspecified atom stereocenters. The molecule has 0 aliphatic heterocycles. The van der Waals surface area contributed by atoms with Gasteiger partial charge in [-0.2, -0.15) is 5.53 Å². The number of nitrogens with two attached hydrogens (primary N) is 1. The number of amides is 1. The Morgan fingerprint density at radius 2 is 2.12 bits per heavy atom. The van der Waals surface area contributed by atoms with Crippen LogP contribution in [0.1, 0.15) is 35.5 Å². The fraction of sp³-hybridized carbons (Fsp3) is 0.800. The van der Waals surface area contributed by atoms with Gasteiger partial charge in [0, 0.05) is 14.4 Å². The van der Waals surface area contributed by atoms with E-state index < -0.39 is 11.7 Å². The largest absolute Gasteiger partial charge is 0.444 e. The van der Waals surface area contributed by atoms with Crippen molar-refractivity contribution in [1.82, 2.24) is 16.3 Å². The number of alkyl carbamates (subject to hydrolysis) is 1. The van der Waals surface area contributed by atoms with Crippen molar-refractivity contribution in [1.29, 1.82) is 0 Å². The van der Waals surface area contributed by atoms with Gasteiger partial charge in [-0.3, -0.25) is 16.3 Å². The molecule has 7 heteroatoms. The number of nitrogens with zero attached hydrogens (tertiary/aromatic N) is 1. The second-order valence-electron chi connectivity index (χ2n) is 4.38. The maximum absolute atomic E-state index is 11.3. The maximum atomic E-state index is 11.3. The molecule has 0 rings (SSSR count). The third kappa shape index (κ3) is 9.58. The zero-order chi connectivity index (χ0) is 13.3. The second kappa shape index (κ2) is 7.86. The summed E-state index contributed by atoms with van der Waals surface area (Å²) in [4.78, 5) is 15.5. The van der Waals surface area contributed by atoms with Gasteiger partial charge in [0.2, 0.25) is 0 Å². The molecule has 0 aromatic heterocycles. The Hall–Kier alpha value is -1.34. The molecule has 102 valence electrons. The van der Waals surface area contributed by atoms with E-state index in [1.807, 2.05) is 27.7 Å². The Morgan fingerprint density at radius 3 is 2.59 bits per heavy atom. The lowest BCUT2D eigenvalue weighted by atomic mass is 10.2. The standard InChI is InChI=1S/C10H23N5O2.H2/c1-5-8(14-15-11)12-6-7-13-9(16)17-10(2,3)4;/h15H,5-7,11H2,1-4H3,(H,12,14)(H,13,16);1H. The summed E-state index contributed by atoms with van der Waals surface area (Å²) in [5.74, 6) is 5.83. The summed E-state index contributed by atoms with van der Waals surface area (Å²) < 4.78 is 5.07. The number of hydrogen-bond acceptors (Lipinski definition) is 5. The van der Waals surface area contributed by atoms with Crippen LogP contribution in [0, 0.1) is 0 Å². The van der Waals surface area contributed by atoms with Gasteiger partial charge in [-0.25, -0.2) is 4.79 Å². The fourth-order valence-corrected chi connectivity index (χ4v) is 0.986. The van der Waals surface area contributed by atoms with Crippen molar-refractivity contribution in [2.45, 2.75) is 39.7 Å².